The lowest BCUT2D eigenvalue weighted by molar-refractivity contribution is 0.0232. The van der Waals surface area contributed by atoms with Gasteiger partial charge in [-0.1, -0.05) is 19.1 Å². The van der Waals surface area contributed by atoms with Gasteiger partial charge < -0.3 is 19.5 Å². The van der Waals surface area contributed by atoms with Gasteiger partial charge in [0, 0.05) is 6.61 Å². The standard InChI is InChI=1S/C15H23NO3/c1-3-9-16-12(10-17-4-2)15-11-18-13-7-5-6-8-14(13)19-15/h5-8,12,15-16H,3-4,9-11H2,1-2H3. The molecular weight excluding hydrogens is 242 g/mol. The van der Waals surface area contributed by atoms with Crippen molar-refractivity contribution in [2.75, 3.05) is 26.4 Å². The molecule has 0 aromatic heterocycles. The summed E-state index contributed by atoms with van der Waals surface area (Å²) in [6.45, 7) is 7.04. The first kappa shape index (κ1) is 14.2. The lowest BCUT2D eigenvalue weighted by Crippen LogP contribution is -2.50. The molecule has 1 aromatic rings. The highest BCUT2D eigenvalue weighted by Gasteiger charge is 2.28. The molecule has 0 fully saturated rings. The summed E-state index contributed by atoms with van der Waals surface area (Å²) in [6, 6.07) is 7.95. The van der Waals surface area contributed by atoms with Gasteiger partial charge in [-0.2, -0.15) is 0 Å². The van der Waals surface area contributed by atoms with E-state index in [1.54, 1.807) is 0 Å². The van der Waals surface area contributed by atoms with Crippen molar-refractivity contribution in [2.24, 2.45) is 0 Å². The number of nitrogens with one attached hydrogen (secondary N) is 1. The number of hydrogen-bond donors (Lipinski definition) is 1. The summed E-state index contributed by atoms with van der Waals surface area (Å²) < 4.78 is 17.3. The van der Waals surface area contributed by atoms with Crippen LogP contribution in [0, 0.1) is 0 Å². The molecule has 2 rings (SSSR count). The van der Waals surface area contributed by atoms with Crippen molar-refractivity contribution in [3.8, 4) is 11.5 Å². The smallest absolute Gasteiger partial charge is 0.161 e. The Labute approximate surface area is 115 Å². The van der Waals surface area contributed by atoms with Gasteiger partial charge in [0.15, 0.2) is 17.6 Å². The Kier molecular flexibility index (Phi) is 5.48. The van der Waals surface area contributed by atoms with Gasteiger partial charge in [0.25, 0.3) is 0 Å². The van der Waals surface area contributed by atoms with Crippen molar-refractivity contribution in [2.45, 2.75) is 32.4 Å². The summed E-state index contributed by atoms with van der Waals surface area (Å²) >= 11 is 0. The topological polar surface area (TPSA) is 39.7 Å². The number of fused-ring (bicyclic) bond motifs is 1. The highest BCUT2D eigenvalue weighted by atomic mass is 16.6. The maximum Gasteiger partial charge on any atom is 0.161 e. The van der Waals surface area contributed by atoms with E-state index >= 15 is 0 Å². The zero-order chi connectivity index (χ0) is 13.5. The average molecular weight is 265 g/mol. The van der Waals surface area contributed by atoms with Crippen LogP contribution in [0.2, 0.25) is 0 Å². The average Bonchev–Trinajstić information content (AvgIpc) is 2.47. The van der Waals surface area contributed by atoms with Crippen LogP contribution in [-0.4, -0.2) is 38.5 Å². The zero-order valence-corrected chi connectivity index (χ0v) is 11.7. The molecule has 0 aliphatic carbocycles. The van der Waals surface area contributed by atoms with Crippen LogP contribution in [0.5, 0.6) is 11.5 Å². The van der Waals surface area contributed by atoms with Crippen LogP contribution in [0.4, 0.5) is 0 Å². The second-order valence-electron chi connectivity index (χ2n) is 4.63. The zero-order valence-electron chi connectivity index (χ0n) is 11.7. The third-order valence-corrected chi connectivity index (χ3v) is 3.14. The monoisotopic (exact) mass is 265 g/mol. The molecule has 2 atom stereocenters. The van der Waals surface area contributed by atoms with Crippen LogP contribution in [0.15, 0.2) is 24.3 Å². The summed E-state index contributed by atoms with van der Waals surface area (Å²) in [5, 5.41) is 3.47. The molecule has 0 radical (unpaired) electrons. The van der Waals surface area contributed by atoms with Gasteiger partial charge >= 0.3 is 0 Å². The van der Waals surface area contributed by atoms with Gasteiger partial charge in [-0.05, 0) is 32.0 Å². The maximum absolute atomic E-state index is 6.02. The molecule has 2 unspecified atom stereocenters. The quantitative estimate of drug-likeness (QED) is 0.820. The van der Waals surface area contributed by atoms with E-state index in [0.717, 1.165) is 24.5 Å². The van der Waals surface area contributed by atoms with E-state index in [2.05, 4.69) is 12.2 Å². The van der Waals surface area contributed by atoms with Crippen LogP contribution in [0.25, 0.3) is 0 Å². The predicted molar refractivity (Wildman–Crippen MR) is 74.9 cm³/mol. The van der Waals surface area contributed by atoms with Gasteiger partial charge in [0.1, 0.15) is 6.61 Å². The highest BCUT2D eigenvalue weighted by molar-refractivity contribution is 5.40. The molecule has 0 amide bonds. The van der Waals surface area contributed by atoms with Gasteiger partial charge in [0.05, 0.1) is 12.6 Å². The highest BCUT2D eigenvalue weighted by Crippen LogP contribution is 2.31. The van der Waals surface area contributed by atoms with Crippen LogP contribution in [-0.2, 0) is 4.74 Å². The summed E-state index contributed by atoms with van der Waals surface area (Å²) in [6.07, 6.45) is 1.08. The summed E-state index contributed by atoms with van der Waals surface area (Å²) in [7, 11) is 0. The fourth-order valence-electron chi connectivity index (χ4n) is 2.11. The van der Waals surface area contributed by atoms with Crippen LogP contribution in [0.1, 0.15) is 20.3 Å². The van der Waals surface area contributed by atoms with E-state index in [9.17, 15) is 0 Å². The van der Waals surface area contributed by atoms with Gasteiger partial charge in [0.2, 0.25) is 0 Å². The Morgan fingerprint density at radius 1 is 1.32 bits per heavy atom. The Morgan fingerprint density at radius 3 is 2.84 bits per heavy atom. The summed E-state index contributed by atoms with van der Waals surface area (Å²) in [5.41, 5.74) is 0. The molecule has 4 nitrogen and oxygen atoms in total. The molecular formula is C15H23NO3. The normalized spacial score (nSPS) is 19.2. The molecule has 106 valence electrons. The van der Waals surface area contributed by atoms with Gasteiger partial charge in [-0.15, -0.1) is 0 Å². The number of para-hydroxylation sites is 2. The first-order chi connectivity index (χ1) is 9.35. The second kappa shape index (κ2) is 7.36. The van der Waals surface area contributed by atoms with Crippen molar-refractivity contribution in [3.05, 3.63) is 24.3 Å². The first-order valence-corrected chi connectivity index (χ1v) is 7.04. The fourth-order valence-corrected chi connectivity index (χ4v) is 2.11. The van der Waals surface area contributed by atoms with Crippen molar-refractivity contribution < 1.29 is 14.2 Å². The first-order valence-electron chi connectivity index (χ1n) is 7.04. The minimum Gasteiger partial charge on any atom is -0.486 e. The minimum atomic E-state index is -0.00648. The number of benzene rings is 1. The second-order valence-corrected chi connectivity index (χ2v) is 4.63. The molecule has 0 saturated heterocycles. The van der Waals surface area contributed by atoms with Crippen LogP contribution in [0.3, 0.4) is 0 Å². The Hall–Kier alpha value is -1.26. The summed E-state index contributed by atoms with van der Waals surface area (Å²) in [5.74, 6) is 1.64. The summed E-state index contributed by atoms with van der Waals surface area (Å²) in [4.78, 5) is 0. The molecule has 0 saturated carbocycles. The van der Waals surface area contributed by atoms with Crippen molar-refractivity contribution in [1.29, 1.82) is 0 Å². The molecule has 1 heterocycles. The number of ether oxygens (including phenoxy) is 3. The Balaban J connectivity index is 1.98. The van der Waals surface area contributed by atoms with E-state index < -0.39 is 0 Å². The number of rotatable bonds is 7. The lowest BCUT2D eigenvalue weighted by Gasteiger charge is -2.32. The van der Waals surface area contributed by atoms with Crippen molar-refractivity contribution in [1.82, 2.24) is 5.32 Å². The van der Waals surface area contributed by atoms with E-state index in [0.29, 0.717) is 19.8 Å². The molecule has 19 heavy (non-hydrogen) atoms. The third kappa shape index (κ3) is 3.85. The minimum absolute atomic E-state index is 0.00648. The van der Waals surface area contributed by atoms with Crippen molar-refractivity contribution >= 4 is 0 Å². The lowest BCUT2D eigenvalue weighted by atomic mass is 10.1. The van der Waals surface area contributed by atoms with E-state index in [1.165, 1.54) is 0 Å². The van der Waals surface area contributed by atoms with Crippen molar-refractivity contribution in [3.63, 3.8) is 0 Å². The van der Waals surface area contributed by atoms with Crippen LogP contribution < -0.4 is 14.8 Å². The number of hydrogen-bond acceptors (Lipinski definition) is 4. The largest absolute Gasteiger partial charge is 0.486 e. The molecule has 1 aliphatic heterocycles. The fraction of sp³-hybridized carbons (Fsp3) is 0.600. The predicted octanol–water partition coefficient (Wildman–Crippen LogP) is 2.23. The third-order valence-electron chi connectivity index (χ3n) is 3.14. The van der Waals surface area contributed by atoms with Crippen LogP contribution >= 0.6 is 0 Å². The Bertz CT molecular complexity index is 375. The molecule has 0 bridgehead atoms. The maximum atomic E-state index is 6.02. The van der Waals surface area contributed by atoms with E-state index in [4.69, 9.17) is 14.2 Å². The molecule has 1 aromatic carbocycles. The van der Waals surface area contributed by atoms with Gasteiger partial charge in [-0.25, -0.2) is 0 Å². The van der Waals surface area contributed by atoms with E-state index in [-0.39, 0.29) is 12.1 Å². The van der Waals surface area contributed by atoms with E-state index in [1.807, 2.05) is 31.2 Å². The molecule has 4 heteroatoms. The molecule has 1 aliphatic rings. The molecule has 1 N–H and O–H groups in total. The molecule has 0 spiro atoms. The van der Waals surface area contributed by atoms with Gasteiger partial charge in [-0.3, -0.25) is 0 Å². The Morgan fingerprint density at radius 2 is 2.11 bits per heavy atom. The SMILES string of the molecule is CCCNC(COCC)C1COc2ccccc2O1.